The number of benzene rings is 1. The summed E-state index contributed by atoms with van der Waals surface area (Å²) in [6, 6.07) is 4.21. The number of hydrogen-bond donors (Lipinski definition) is 1. The molecule has 0 unspecified atom stereocenters. The van der Waals surface area contributed by atoms with Gasteiger partial charge in [-0.3, -0.25) is 0 Å². The number of ether oxygens (including phenoxy) is 1. The van der Waals surface area contributed by atoms with Crippen LogP contribution in [0.5, 0.6) is 0 Å². The monoisotopic (exact) mass is 314 g/mol. The molecule has 22 heavy (non-hydrogen) atoms. The van der Waals surface area contributed by atoms with Gasteiger partial charge >= 0.3 is 12.2 Å². The quantitative estimate of drug-likeness (QED) is 0.865. The van der Waals surface area contributed by atoms with Gasteiger partial charge in [0.15, 0.2) is 0 Å². The van der Waals surface area contributed by atoms with Crippen LogP contribution in [0.25, 0.3) is 0 Å². The fraction of sp³-hybridized carbons (Fsp3) is 0.533. The molecule has 2 saturated heterocycles. The van der Waals surface area contributed by atoms with Crippen LogP contribution in [-0.4, -0.2) is 37.2 Å². The second-order valence-corrected chi connectivity index (χ2v) is 5.92. The van der Waals surface area contributed by atoms with Gasteiger partial charge in [0.05, 0.1) is 18.8 Å². The fourth-order valence-corrected chi connectivity index (χ4v) is 3.07. The first-order valence-corrected chi connectivity index (χ1v) is 7.23. The maximum atomic E-state index is 12.5. The predicted octanol–water partition coefficient (Wildman–Crippen LogP) is 3.21. The van der Waals surface area contributed by atoms with Gasteiger partial charge in [-0.25, -0.2) is 4.79 Å². The lowest BCUT2D eigenvalue weighted by atomic mass is 9.88. The second kappa shape index (κ2) is 5.79. The number of likely N-dealkylation sites (tertiary alicyclic amines) is 1. The second-order valence-electron chi connectivity index (χ2n) is 5.92. The Morgan fingerprint density at radius 2 is 1.73 bits per heavy atom. The summed E-state index contributed by atoms with van der Waals surface area (Å²) in [6.45, 7) is 2.59. The third-order valence-corrected chi connectivity index (χ3v) is 4.08. The number of urea groups is 1. The van der Waals surface area contributed by atoms with Crippen molar-refractivity contribution in [1.29, 1.82) is 0 Å². The first kappa shape index (κ1) is 15.1. The van der Waals surface area contributed by atoms with Crippen molar-refractivity contribution in [2.24, 2.45) is 11.8 Å². The molecule has 2 aliphatic rings. The Morgan fingerprint density at radius 1 is 1.14 bits per heavy atom. The van der Waals surface area contributed by atoms with Crippen LogP contribution in [0, 0.1) is 11.8 Å². The zero-order valence-corrected chi connectivity index (χ0v) is 11.9. The average molecular weight is 314 g/mol. The van der Waals surface area contributed by atoms with Crippen LogP contribution in [0.4, 0.5) is 23.7 Å². The van der Waals surface area contributed by atoms with Crippen molar-refractivity contribution < 1.29 is 22.7 Å². The number of halogens is 3. The number of fused-ring (bicyclic) bond motifs is 2. The molecule has 0 radical (unpaired) electrons. The summed E-state index contributed by atoms with van der Waals surface area (Å²) in [6.07, 6.45) is -3.29. The van der Waals surface area contributed by atoms with E-state index in [-0.39, 0.29) is 6.03 Å². The van der Waals surface area contributed by atoms with Crippen LogP contribution in [0.1, 0.15) is 12.0 Å². The number of nitrogens with one attached hydrogen (secondary N) is 1. The van der Waals surface area contributed by atoms with Gasteiger partial charge in [-0.2, -0.15) is 13.2 Å². The standard InChI is InChI=1S/C15H17F3N2O2/c16-15(17,18)12-1-3-13(4-2-12)19-14(21)20-6-10-5-11(7-20)9-22-8-10/h1-4,10-11H,5-9H2,(H,19,21)/t10-,11-/m0/s1. The van der Waals surface area contributed by atoms with Crippen LogP contribution < -0.4 is 5.32 Å². The van der Waals surface area contributed by atoms with Crippen molar-refractivity contribution >= 4 is 11.7 Å². The number of carbonyl (C=O) groups is 1. The highest BCUT2D eigenvalue weighted by molar-refractivity contribution is 5.89. The number of piperidine rings is 1. The maximum absolute atomic E-state index is 12.5. The molecule has 2 atom stereocenters. The van der Waals surface area contributed by atoms with Crippen molar-refractivity contribution in [2.75, 3.05) is 31.6 Å². The number of hydrogen-bond acceptors (Lipinski definition) is 2. The molecule has 1 aromatic rings. The van der Waals surface area contributed by atoms with Crippen molar-refractivity contribution in [1.82, 2.24) is 4.90 Å². The topological polar surface area (TPSA) is 41.6 Å². The molecule has 2 bridgehead atoms. The lowest BCUT2D eigenvalue weighted by Gasteiger charge is -2.40. The molecule has 3 rings (SSSR count). The molecule has 1 N–H and O–H groups in total. The first-order valence-electron chi connectivity index (χ1n) is 7.23. The molecule has 0 aromatic heterocycles. The van der Waals surface area contributed by atoms with Crippen LogP contribution >= 0.6 is 0 Å². The summed E-state index contributed by atoms with van der Waals surface area (Å²) in [5.74, 6) is 0.705. The zero-order valence-electron chi connectivity index (χ0n) is 11.9. The smallest absolute Gasteiger partial charge is 0.381 e. The van der Waals surface area contributed by atoms with E-state index < -0.39 is 11.7 Å². The normalized spacial score (nSPS) is 25.0. The molecule has 120 valence electrons. The molecule has 2 heterocycles. The molecule has 2 fully saturated rings. The van der Waals surface area contributed by atoms with Gasteiger partial charge in [0.1, 0.15) is 0 Å². The van der Waals surface area contributed by atoms with Gasteiger partial charge in [0, 0.05) is 30.6 Å². The molecule has 2 amide bonds. The molecular formula is C15H17F3N2O2. The third-order valence-electron chi connectivity index (χ3n) is 4.08. The number of rotatable bonds is 1. The molecule has 0 aliphatic carbocycles. The number of anilines is 1. The minimum absolute atomic E-state index is 0.267. The lowest BCUT2D eigenvalue weighted by Crippen LogP contribution is -2.50. The van der Waals surface area contributed by atoms with E-state index in [0.29, 0.717) is 43.8 Å². The molecule has 7 heteroatoms. The van der Waals surface area contributed by atoms with Crippen LogP contribution in [0.15, 0.2) is 24.3 Å². The maximum Gasteiger partial charge on any atom is 0.416 e. The van der Waals surface area contributed by atoms with Crippen molar-refractivity contribution in [3.05, 3.63) is 29.8 Å². The number of nitrogens with zero attached hydrogens (tertiary/aromatic N) is 1. The molecule has 4 nitrogen and oxygen atoms in total. The molecular weight excluding hydrogens is 297 g/mol. The Bertz CT molecular complexity index is 533. The largest absolute Gasteiger partial charge is 0.416 e. The van der Waals surface area contributed by atoms with Gasteiger partial charge in [-0.1, -0.05) is 0 Å². The SMILES string of the molecule is O=C(Nc1ccc(C(F)(F)F)cc1)N1C[C@H]2COC[C@@H](C2)C1. The number of carbonyl (C=O) groups excluding carboxylic acids is 1. The van der Waals surface area contributed by atoms with E-state index in [2.05, 4.69) is 5.32 Å². The number of amides is 2. The summed E-state index contributed by atoms with van der Waals surface area (Å²) >= 11 is 0. The minimum Gasteiger partial charge on any atom is -0.381 e. The van der Waals surface area contributed by atoms with E-state index in [1.807, 2.05) is 0 Å². The Kier molecular flexibility index (Phi) is 3.99. The Morgan fingerprint density at radius 3 is 2.27 bits per heavy atom. The van der Waals surface area contributed by atoms with E-state index in [4.69, 9.17) is 4.74 Å². The zero-order chi connectivity index (χ0) is 15.7. The summed E-state index contributed by atoms with van der Waals surface area (Å²) in [5, 5.41) is 2.66. The van der Waals surface area contributed by atoms with Crippen molar-refractivity contribution in [3.8, 4) is 0 Å². The summed E-state index contributed by atoms with van der Waals surface area (Å²) in [4.78, 5) is 14.0. The van der Waals surface area contributed by atoms with Crippen LogP contribution in [-0.2, 0) is 10.9 Å². The summed E-state index contributed by atoms with van der Waals surface area (Å²) < 4.78 is 43.0. The highest BCUT2D eigenvalue weighted by Crippen LogP contribution is 2.30. The van der Waals surface area contributed by atoms with E-state index in [0.717, 1.165) is 18.6 Å². The molecule has 0 saturated carbocycles. The Labute approximate surface area is 126 Å². The van der Waals surface area contributed by atoms with Crippen molar-refractivity contribution in [2.45, 2.75) is 12.6 Å². The average Bonchev–Trinajstić information content (AvgIpc) is 2.46. The van der Waals surface area contributed by atoms with Crippen LogP contribution in [0.3, 0.4) is 0 Å². The molecule has 2 aliphatic heterocycles. The van der Waals surface area contributed by atoms with E-state index in [1.165, 1.54) is 12.1 Å². The van der Waals surface area contributed by atoms with Gasteiger partial charge in [0.2, 0.25) is 0 Å². The van der Waals surface area contributed by atoms with E-state index >= 15 is 0 Å². The van der Waals surface area contributed by atoms with Gasteiger partial charge in [0.25, 0.3) is 0 Å². The molecule has 0 spiro atoms. The highest BCUT2D eigenvalue weighted by atomic mass is 19.4. The lowest BCUT2D eigenvalue weighted by molar-refractivity contribution is -0.137. The molecule has 1 aromatic carbocycles. The third kappa shape index (κ3) is 3.35. The first-order chi connectivity index (χ1) is 10.4. The van der Waals surface area contributed by atoms with Crippen LogP contribution in [0.2, 0.25) is 0 Å². The van der Waals surface area contributed by atoms with Gasteiger partial charge in [-0.15, -0.1) is 0 Å². The summed E-state index contributed by atoms with van der Waals surface area (Å²) in [7, 11) is 0. The minimum atomic E-state index is -4.37. The van der Waals surface area contributed by atoms with E-state index in [9.17, 15) is 18.0 Å². The van der Waals surface area contributed by atoms with E-state index in [1.54, 1.807) is 4.90 Å². The number of alkyl halides is 3. The Hall–Kier alpha value is -1.76. The Balaban J connectivity index is 1.62. The predicted molar refractivity (Wildman–Crippen MR) is 74.5 cm³/mol. The van der Waals surface area contributed by atoms with Crippen molar-refractivity contribution in [3.63, 3.8) is 0 Å². The highest BCUT2D eigenvalue weighted by Gasteiger charge is 2.33. The fourth-order valence-electron chi connectivity index (χ4n) is 3.07. The summed E-state index contributed by atoms with van der Waals surface area (Å²) in [5.41, 5.74) is -0.361. The van der Waals surface area contributed by atoms with Gasteiger partial charge in [-0.05, 0) is 30.7 Å². The van der Waals surface area contributed by atoms with Gasteiger partial charge < -0.3 is 15.0 Å².